The summed E-state index contributed by atoms with van der Waals surface area (Å²) in [4.78, 5) is 23.6. The molecular weight excluding hydrogens is 379 g/mol. The number of nitro benzene ring substituents is 1. The van der Waals surface area contributed by atoms with Gasteiger partial charge in [-0.3, -0.25) is 14.9 Å². The lowest BCUT2D eigenvalue weighted by atomic mass is 10.2. The fraction of sp³-hybridized carbons (Fsp3) is 0.278. The number of benzene rings is 2. The van der Waals surface area contributed by atoms with Gasteiger partial charge in [0.25, 0.3) is 11.6 Å². The first-order chi connectivity index (χ1) is 12.3. The molecule has 0 heterocycles. The van der Waals surface area contributed by atoms with Gasteiger partial charge < -0.3 is 5.32 Å². The predicted octanol–water partition coefficient (Wildman–Crippen LogP) is 5.78. The van der Waals surface area contributed by atoms with Gasteiger partial charge in [-0.2, -0.15) is 0 Å². The van der Waals surface area contributed by atoms with Crippen molar-refractivity contribution in [3.63, 3.8) is 0 Å². The van der Waals surface area contributed by atoms with Gasteiger partial charge in [0.1, 0.15) is 5.82 Å². The van der Waals surface area contributed by atoms with Gasteiger partial charge in [-0.15, -0.1) is 11.8 Å². The van der Waals surface area contributed by atoms with Gasteiger partial charge in [-0.1, -0.05) is 25.4 Å². The number of thioether (sulfide) groups is 1. The topological polar surface area (TPSA) is 72.2 Å². The van der Waals surface area contributed by atoms with E-state index >= 15 is 0 Å². The van der Waals surface area contributed by atoms with Gasteiger partial charge in [0, 0.05) is 16.7 Å². The summed E-state index contributed by atoms with van der Waals surface area (Å²) in [5, 5.41) is 13.9. The minimum atomic E-state index is -0.679. The van der Waals surface area contributed by atoms with Crippen LogP contribution in [0.5, 0.6) is 0 Å². The van der Waals surface area contributed by atoms with E-state index in [2.05, 4.69) is 19.2 Å². The summed E-state index contributed by atoms with van der Waals surface area (Å²) in [6.45, 7) is 4.16. The van der Waals surface area contributed by atoms with Crippen molar-refractivity contribution in [2.24, 2.45) is 5.92 Å². The van der Waals surface area contributed by atoms with E-state index in [0.29, 0.717) is 10.8 Å². The standard InChI is InChI=1S/C18H18ClFN2O3S/c1-11(2)7-8-26-17-6-3-12(9-16(17)22(24)25)18(23)21-15-5-4-13(19)10-14(15)20/h3-6,9-11H,7-8H2,1-2H3,(H,21,23). The Bertz CT molecular complexity index is 830. The maximum atomic E-state index is 13.8. The fourth-order valence-electron chi connectivity index (χ4n) is 2.11. The van der Waals surface area contributed by atoms with Crippen LogP contribution >= 0.6 is 23.4 Å². The number of amides is 1. The molecule has 0 aliphatic heterocycles. The molecule has 0 radical (unpaired) electrons. The molecule has 2 rings (SSSR count). The molecule has 138 valence electrons. The van der Waals surface area contributed by atoms with E-state index in [1.165, 1.54) is 36.0 Å². The molecule has 26 heavy (non-hydrogen) atoms. The lowest BCUT2D eigenvalue weighted by molar-refractivity contribution is -0.387. The molecule has 2 aromatic rings. The SMILES string of the molecule is CC(C)CCSc1ccc(C(=O)Nc2ccc(Cl)cc2F)cc1[N+](=O)[O-]. The number of nitro groups is 1. The van der Waals surface area contributed by atoms with E-state index < -0.39 is 16.6 Å². The normalized spacial score (nSPS) is 10.8. The van der Waals surface area contributed by atoms with Crippen LogP contribution in [0.3, 0.4) is 0 Å². The fourth-order valence-corrected chi connectivity index (χ4v) is 3.53. The van der Waals surface area contributed by atoms with Crippen LogP contribution in [-0.2, 0) is 0 Å². The summed E-state index contributed by atoms with van der Waals surface area (Å²) in [5.74, 6) is -0.0600. The first-order valence-corrected chi connectivity index (χ1v) is 9.32. The third-order valence-electron chi connectivity index (χ3n) is 3.55. The summed E-state index contributed by atoms with van der Waals surface area (Å²) in [5.41, 5.74) is -0.0975. The van der Waals surface area contributed by atoms with Crippen LogP contribution in [-0.4, -0.2) is 16.6 Å². The zero-order chi connectivity index (χ0) is 19.3. The molecule has 0 fully saturated rings. The van der Waals surface area contributed by atoms with E-state index in [1.54, 1.807) is 6.07 Å². The van der Waals surface area contributed by atoms with E-state index in [0.717, 1.165) is 18.2 Å². The van der Waals surface area contributed by atoms with Crippen molar-refractivity contribution in [1.29, 1.82) is 0 Å². The van der Waals surface area contributed by atoms with Crippen LogP contribution < -0.4 is 5.32 Å². The number of nitrogens with one attached hydrogen (secondary N) is 1. The van der Waals surface area contributed by atoms with Gasteiger partial charge in [-0.05, 0) is 48.4 Å². The van der Waals surface area contributed by atoms with Gasteiger partial charge >= 0.3 is 0 Å². The number of hydrogen-bond acceptors (Lipinski definition) is 4. The molecule has 0 aliphatic rings. The second kappa shape index (κ2) is 9.00. The second-order valence-electron chi connectivity index (χ2n) is 6.05. The molecule has 0 unspecified atom stereocenters. The molecule has 0 aliphatic carbocycles. The molecule has 0 saturated carbocycles. The molecule has 0 aromatic heterocycles. The van der Waals surface area contributed by atoms with Crippen molar-refractivity contribution in [3.05, 3.63) is 62.9 Å². The highest BCUT2D eigenvalue weighted by molar-refractivity contribution is 7.99. The Morgan fingerprint density at radius 3 is 2.65 bits per heavy atom. The van der Waals surface area contributed by atoms with Crippen molar-refractivity contribution in [3.8, 4) is 0 Å². The number of nitrogens with zero attached hydrogens (tertiary/aromatic N) is 1. The van der Waals surface area contributed by atoms with Crippen molar-refractivity contribution in [1.82, 2.24) is 0 Å². The Balaban J connectivity index is 2.19. The minimum Gasteiger partial charge on any atom is -0.319 e. The highest BCUT2D eigenvalue weighted by Gasteiger charge is 2.19. The van der Waals surface area contributed by atoms with Gasteiger partial charge in [0.05, 0.1) is 15.5 Å². The number of anilines is 1. The maximum absolute atomic E-state index is 13.8. The smallest absolute Gasteiger partial charge is 0.283 e. The van der Waals surface area contributed by atoms with Gasteiger partial charge in [0.15, 0.2) is 0 Å². The zero-order valence-corrected chi connectivity index (χ0v) is 15.9. The molecule has 8 heteroatoms. The third kappa shape index (κ3) is 5.44. The van der Waals surface area contributed by atoms with Gasteiger partial charge in [-0.25, -0.2) is 4.39 Å². The average molecular weight is 397 g/mol. The summed E-state index contributed by atoms with van der Waals surface area (Å²) in [6, 6.07) is 8.11. The molecule has 0 spiro atoms. The maximum Gasteiger partial charge on any atom is 0.283 e. The van der Waals surface area contributed by atoms with Crippen molar-refractivity contribution >= 4 is 40.6 Å². The quantitative estimate of drug-likeness (QED) is 0.366. The summed E-state index contributed by atoms with van der Waals surface area (Å²) in [6.07, 6.45) is 0.930. The Morgan fingerprint density at radius 2 is 2.04 bits per heavy atom. The van der Waals surface area contributed by atoms with Crippen LogP contribution in [0.2, 0.25) is 5.02 Å². The van der Waals surface area contributed by atoms with Crippen LogP contribution in [0.1, 0.15) is 30.6 Å². The lowest BCUT2D eigenvalue weighted by Crippen LogP contribution is -2.13. The van der Waals surface area contributed by atoms with E-state index in [9.17, 15) is 19.3 Å². The van der Waals surface area contributed by atoms with Crippen molar-refractivity contribution < 1.29 is 14.1 Å². The lowest BCUT2D eigenvalue weighted by Gasteiger charge is -2.09. The minimum absolute atomic E-state index is 0.0440. The Morgan fingerprint density at radius 1 is 1.31 bits per heavy atom. The van der Waals surface area contributed by atoms with Crippen LogP contribution in [0.4, 0.5) is 15.8 Å². The number of halogens is 2. The Hall–Kier alpha value is -2.12. The summed E-state index contributed by atoms with van der Waals surface area (Å²) < 4.78 is 13.8. The van der Waals surface area contributed by atoms with Gasteiger partial charge in [0.2, 0.25) is 0 Å². The van der Waals surface area contributed by atoms with Crippen LogP contribution in [0, 0.1) is 21.8 Å². The van der Waals surface area contributed by atoms with E-state index in [-0.39, 0.29) is 22.0 Å². The van der Waals surface area contributed by atoms with E-state index in [1.807, 2.05) is 0 Å². The first kappa shape index (κ1) is 20.2. The first-order valence-electron chi connectivity index (χ1n) is 7.95. The number of carbonyl (C=O) groups excluding carboxylic acids is 1. The molecule has 1 amide bonds. The number of rotatable bonds is 7. The second-order valence-corrected chi connectivity index (χ2v) is 7.62. The molecule has 0 saturated heterocycles. The van der Waals surface area contributed by atoms with Crippen LogP contribution in [0.25, 0.3) is 0 Å². The molecule has 1 N–H and O–H groups in total. The highest BCUT2D eigenvalue weighted by atomic mass is 35.5. The Labute approximate surface area is 160 Å². The number of carbonyl (C=O) groups is 1. The molecule has 2 aromatic carbocycles. The predicted molar refractivity (Wildman–Crippen MR) is 103 cm³/mol. The monoisotopic (exact) mass is 396 g/mol. The Kier molecular flexibility index (Phi) is 6.99. The summed E-state index contributed by atoms with van der Waals surface area (Å²) >= 11 is 7.06. The molecule has 5 nitrogen and oxygen atoms in total. The largest absolute Gasteiger partial charge is 0.319 e. The van der Waals surface area contributed by atoms with E-state index in [4.69, 9.17) is 11.6 Å². The third-order valence-corrected chi connectivity index (χ3v) is 4.88. The summed E-state index contributed by atoms with van der Waals surface area (Å²) in [7, 11) is 0. The molecule has 0 bridgehead atoms. The average Bonchev–Trinajstić information content (AvgIpc) is 2.57. The number of hydrogen-bond donors (Lipinski definition) is 1. The van der Waals surface area contributed by atoms with Crippen molar-refractivity contribution in [2.45, 2.75) is 25.2 Å². The highest BCUT2D eigenvalue weighted by Crippen LogP contribution is 2.31. The zero-order valence-electron chi connectivity index (χ0n) is 14.3. The van der Waals surface area contributed by atoms with Crippen molar-refractivity contribution in [2.75, 3.05) is 11.1 Å². The van der Waals surface area contributed by atoms with Crippen LogP contribution in [0.15, 0.2) is 41.3 Å². The molecule has 0 atom stereocenters. The molecular formula is C18H18ClFN2O3S.